The highest BCUT2D eigenvalue weighted by atomic mass is 16.6. The summed E-state index contributed by atoms with van der Waals surface area (Å²) < 4.78 is 1.46. The van der Waals surface area contributed by atoms with Gasteiger partial charge in [-0.25, -0.2) is 0 Å². The van der Waals surface area contributed by atoms with Crippen molar-refractivity contribution in [3.63, 3.8) is 0 Å². The van der Waals surface area contributed by atoms with E-state index in [0.29, 0.717) is 17.2 Å². The number of para-hydroxylation sites is 1. The lowest BCUT2D eigenvalue weighted by molar-refractivity contribution is -0.875. The van der Waals surface area contributed by atoms with Gasteiger partial charge in [-0.3, -0.25) is 4.79 Å². The summed E-state index contributed by atoms with van der Waals surface area (Å²) in [5.41, 5.74) is 1.31. The SMILES string of the molecule is CO[n+]1ccccc1N=NC1C(=O)N(c2ccccc2)N=C1C. The fraction of sp³-hybridized carbons (Fsp3) is 0.188. The molecule has 1 atom stereocenters. The zero-order valence-electron chi connectivity index (χ0n) is 12.8. The quantitative estimate of drug-likeness (QED) is 0.639. The summed E-state index contributed by atoms with van der Waals surface area (Å²) in [5.74, 6) is 0.270. The molecule has 1 aliphatic rings. The molecule has 23 heavy (non-hydrogen) atoms. The van der Waals surface area contributed by atoms with E-state index in [-0.39, 0.29) is 5.91 Å². The number of nitrogens with zero attached hydrogens (tertiary/aromatic N) is 5. The summed E-state index contributed by atoms with van der Waals surface area (Å²) in [6.45, 7) is 1.76. The fourth-order valence-corrected chi connectivity index (χ4v) is 2.21. The molecule has 1 aromatic carbocycles. The monoisotopic (exact) mass is 310 g/mol. The van der Waals surface area contributed by atoms with Gasteiger partial charge in [-0.05, 0) is 35.9 Å². The molecule has 1 amide bonds. The second-order valence-corrected chi connectivity index (χ2v) is 4.91. The van der Waals surface area contributed by atoms with Crippen LogP contribution in [0.5, 0.6) is 0 Å². The first-order valence-corrected chi connectivity index (χ1v) is 7.11. The van der Waals surface area contributed by atoms with Crippen molar-refractivity contribution in [2.75, 3.05) is 12.1 Å². The molecule has 1 aliphatic heterocycles. The number of amides is 1. The van der Waals surface area contributed by atoms with Crippen LogP contribution >= 0.6 is 0 Å². The highest BCUT2D eigenvalue weighted by molar-refractivity contribution is 6.18. The van der Waals surface area contributed by atoms with Crippen molar-refractivity contribution >= 4 is 23.1 Å². The molecular formula is C16H16N5O2+. The molecule has 7 heteroatoms. The number of azo groups is 1. The molecule has 0 N–H and O–H groups in total. The Kier molecular flexibility index (Phi) is 4.09. The number of hydrogen-bond acceptors (Lipinski definition) is 5. The number of benzene rings is 1. The van der Waals surface area contributed by atoms with Gasteiger partial charge in [0.15, 0.2) is 0 Å². The van der Waals surface area contributed by atoms with E-state index in [0.717, 1.165) is 0 Å². The molecule has 0 saturated carbocycles. The molecule has 0 bridgehead atoms. The first-order chi connectivity index (χ1) is 11.2. The lowest BCUT2D eigenvalue weighted by Crippen LogP contribution is -2.40. The largest absolute Gasteiger partial charge is 0.388 e. The van der Waals surface area contributed by atoms with Crippen molar-refractivity contribution in [2.45, 2.75) is 13.0 Å². The average Bonchev–Trinajstić information content (AvgIpc) is 2.88. The minimum Gasteiger partial charge on any atom is -0.339 e. The van der Waals surface area contributed by atoms with Crippen LogP contribution in [0.15, 0.2) is 70.1 Å². The summed E-state index contributed by atoms with van der Waals surface area (Å²) in [5, 5.41) is 13.9. The van der Waals surface area contributed by atoms with Gasteiger partial charge in [0, 0.05) is 6.07 Å². The van der Waals surface area contributed by atoms with E-state index in [1.54, 1.807) is 19.2 Å². The molecule has 0 fully saturated rings. The van der Waals surface area contributed by atoms with Crippen molar-refractivity contribution in [2.24, 2.45) is 15.3 Å². The Hall–Kier alpha value is -3.09. The summed E-state index contributed by atoms with van der Waals surface area (Å²) in [6, 6.07) is 13.9. The van der Waals surface area contributed by atoms with Crippen LogP contribution in [0, 0.1) is 0 Å². The third-order valence-electron chi connectivity index (χ3n) is 3.37. The van der Waals surface area contributed by atoms with Crippen LogP contribution in [0.3, 0.4) is 0 Å². The third-order valence-corrected chi connectivity index (χ3v) is 3.37. The van der Waals surface area contributed by atoms with Gasteiger partial charge < -0.3 is 4.84 Å². The van der Waals surface area contributed by atoms with Gasteiger partial charge in [0.25, 0.3) is 5.91 Å². The lowest BCUT2D eigenvalue weighted by Gasteiger charge is -2.11. The molecule has 1 unspecified atom stereocenters. The molecule has 0 saturated heterocycles. The Morgan fingerprint density at radius 2 is 1.91 bits per heavy atom. The zero-order valence-corrected chi connectivity index (χ0v) is 12.8. The van der Waals surface area contributed by atoms with E-state index in [1.165, 1.54) is 16.8 Å². The maximum atomic E-state index is 12.5. The van der Waals surface area contributed by atoms with Crippen LogP contribution in [0.4, 0.5) is 11.5 Å². The average molecular weight is 310 g/mol. The van der Waals surface area contributed by atoms with Crippen molar-refractivity contribution < 1.29 is 14.4 Å². The van der Waals surface area contributed by atoms with Gasteiger partial charge in [0.2, 0.25) is 6.04 Å². The molecule has 1 aromatic heterocycles. The van der Waals surface area contributed by atoms with E-state index in [2.05, 4.69) is 15.3 Å². The van der Waals surface area contributed by atoms with E-state index in [1.807, 2.05) is 42.5 Å². The summed E-state index contributed by atoms with van der Waals surface area (Å²) >= 11 is 0. The van der Waals surface area contributed by atoms with Crippen LogP contribution in [0.2, 0.25) is 0 Å². The number of carbonyl (C=O) groups excluding carboxylic acids is 1. The molecular weight excluding hydrogens is 294 g/mol. The van der Waals surface area contributed by atoms with Gasteiger partial charge in [-0.15, -0.1) is 0 Å². The van der Waals surface area contributed by atoms with E-state index >= 15 is 0 Å². The molecule has 3 rings (SSSR count). The summed E-state index contributed by atoms with van der Waals surface area (Å²) in [6.07, 6.45) is 1.71. The number of anilines is 1. The number of hydrazone groups is 1. The predicted octanol–water partition coefficient (Wildman–Crippen LogP) is 1.91. The van der Waals surface area contributed by atoms with Crippen LogP contribution < -0.4 is 14.6 Å². The maximum Gasteiger partial charge on any atom is 0.388 e. The number of hydrogen-bond donors (Lipinski definition) is 0. The Labute approximate surface area is 133 Å². The smallest absolute Gasteiger partial charge is 0.339 e. The molecule has 7 nitrogen and oxygen atoms in total. The van der Waals surface area contributed by atoms with E-state index in [9.17, 15) is 4.79 Å². The number of pyridine rings is 1. The maximum absolute atomic E-state index is 12.5. The van der Waals surface area contributed by atoms with Crippen LogP contribution in [0.1, 0.15) is 6.92 Å². The summed E-state index contributed by atoms with van der Waals surface area (Å²) in [4.78, 5) is 17.7. The Bertz CT molecular complexity index is 773. The van der Waals surface area contributed by atoms with Gasteiger partial charge in [-0.1, -0.05) is 23.3 Å². The standard InChI is InChI=1S/C16H16N5O2/c1-12-15(18-17-14-10-6-7-11-20(14)23-2)16(22)21(19-12)13-8-4-3-5-9-13/h3-11,15H,1-2H3/q+1. The molecule has 0 spiro atoms. The first kappa shape index (κ1) is 14.8. The molecule has 2 heterocycles. The fourth-order valence-electron chi connectivity index (χ4n) is 2.21. The topological polar surface area (TPSA) is 70.5 Å². The minimum absolute atomic E-state index is 0.225. The Balaban J connectivity index is 1.83. The van der Waals surface area contributed by atoms with Crippen molar-refractivity contribution in [1.29, 1.82) is 0 Å². The first-order valence-electron chi connectivity index (χ1n) is 7.11. The lowest BCUT2D eigenvalue weighted by atomic mass is 10.2. The second-order valence-electron chi connectivity index (χ2n) is 4.91. The summed E-state index contributed by atoms with van der Waals surface area (Å²) in [7, 11) is 1.53. The second kappa shape index (κ2) is 6.35. The van der Waals surface area contributed by atoms with Gasteiger partial charge in [0.05, 0.1) is 16.5 Å². The Morgan fingerprint density at radius 3 is 2.65 bits per heavy atom. The van der Waals surface area contributed by atoms with Crippen LogP contribution in [0.25, 0.3) is 0 Å². The Morgan fingerprint density at radius 1 is 1.17 bits per heavy atom. The minimum atomic E-state index is -0.722. The highest BCUT2D eigenvalue weighted by Crippen LogP contribution is 2.22. The van der Waals surface area contributed by atoms with Crippen LogP contribution in [-0.4, -0.2) is 24.8 Å². The van der Waals surface area contributed by atoms with Crippen LogP contribution in [-0.2, 0) is 4.79 Å². The normalized spacial score (nSPS) is 17.7. The number of carbonyl (C=O) groups is 1. The highest BCUT2D eigenvalue weighted by Gasteiger charge is 2.36. The van der Waals surface area contributed by atoms with E-state index < -0.39 is 6.04 Å². The van der Waals surface area contributed by atoms with Crippen molar-refractivity contribution in [3.05, 3.63) is 54.7 Å². The van der Waals surface area contributed by atoms with Gasteiger partial charge in [-0.2, -0.15) is 10.1 Å². The molecule has 2 aromatic rings. The molecule has 0 radical (unpaired) electrons. The van der Waals surface area contributed by atoms with Crippen molar-refractivity contribution in [1.82, 2.24) is 0 Å². The van der Waals surface area contributed by atoms with Crippen molar-refractivity contribution in [3.8, 4) is 0 Å². The molecule has 0 aliphatic carbocycles. The number of aromatic nitrogens is 1. The zero-order chi connectivity index (χ0) is 16.2. The van der Waals surface area contributed by atoms with Gasteiger partial charge in [0.1, 0.15) is 13.3 Å². The number of rotatable bonds is 4. The molecule has 116 valence electrons. The predicted molar refractivity (Wildman–Crippen MR) is 84.5 cm³/mol. The third kappa shape index (κ3) is 2.94. The van der Waals surface area contributed by atoms with Gasteiger partial charge >= 0.3 is 5.82 Å². The van der Waals surface area contributed by atoms with E-state index in [4.69, 9.17) is 4.84 Å².